The Labute approximate surface area is 175 Å². The van der Waals surface area contributed by atoms with Crippen LogP contribution in [0.2, 0.25) is 0 Å². The second kappa shape index (κ2) is 9.41. The smallest absolute Gasteiger partial charge is 0.191 e. The predicted molar refractivity (Wildman–Crippen MR) is 115 cm³/mol. The van der Waals surface area contributed by atoms with E-state index in [9.17, 15) is 0 Å². The van der Waals surface area contributed by atoms with Gasteiger partial charge >= 0.3 is 0 Å². The van der Waals surface area contributed by atoms with Crippen LogP contribution in [-0.4, -0.2) is 51.0 Å². The third-order valence-corrected chi connectivity index (χ3v) is 7.07. The summed E-state index contributed by atoms with van der Waals surface area (Å²) in [6.45, 7) is 6.81. The molecule has 150 valence electrons. The van der Waals surface area contributed by atoms with Crippen LogP contribution in [0.3, 0.4) is 0 Å². The average molecular weight is 477 g/mol. The van der Waals surface area contributed by atoms with Crippen molar-refractivity contribution in [1.29, 1.82) is 0 Å². The zero-order valence-electron chi connectivity index (χ0n) is 16.2. The van der Waals surface area contributed by atoms with Crippen molar-refractivity contribution in [2.45, 2.75) is 70.4 Å². The van der Waals surface area contributed by atoms with E-state index in [2.05, 4.69) is 17.6 Å². The van der Waals surface area contributed by atoms with Gasteiger partial charge in [0.05, 0.1) is 6.10 Å². The number of fused-ring (bicyclic) bond motifs is 2. The molecule has 0 aromatic carbocycles. The molecule has 26 heavy (non-hydrogen) atoms. The molecule has 1 spiro atoms. The highest BCUT2D eigenvalue weighted by Gasteiger charge is 2.65. The highest BCUT2D eigenvalue weighted by atomic mass is 127. The van der Waals surface area contributed by atoms with Gasteiger partial charge in [-0.25, -0.2) is 0 Å². The minimum atomic E-state index is 0. The van der Waals surface area contributed by atoms with Crippen LogP contribution in [-0.2, 0) is 9.47 Å². The monoisotopic (exact) mass is 477 g/mol. The first kappa shape index (κ1) is 20.6. The van der Waals surface area contributed by atoms with Gasteiger partial charge in [0.1, 0.15) is 0 Å². The van der Waals surface area contributed by atoms with Crippen molar-refractivity contribution < 1.29 is 9.47 Å². The first-order valence-electron chi connectivity index (χ1n) is 10.6. The summed E-state index contributed by atoms with van der Waals surface area (Å²) >= 11 is 0. The van der Waals surface area contributed by atoms with Crippen LogP contribution < -0.4 is 10.6 Å². The van der Waals surface area contributed by atoms with Gasteiger partial charge < -0.3 is 20.1 Å². The lowest BCUT2D eigenvalue weighted by molar-refractivity contribution is -0.125. The van der Waals surface area contributed by atoms with Crippen LogP contribution in [0.4, 0.5) is 0 Å². The van der Waals surface area contributed by atoms with Crippen LogP contribution in [0.25, 0.3) is 0 Å². The van der Waals surface area contributed by atoms with Gasteiger partial charge in [0.25, 0.3) is 0 Å². The summed E-state index contributed by atoms with van der Waals surface area (Å²) in [5.41, 5.74) is 0.387. The molecule has 3 unspecified atom stereocenters. The van der Waals surface area contributed by atoms with Crippen LogP contribution >= 0.6 is 24.0 Å². The van der Waals surface area contributed by atoms with Crippen LogP contribution in [0.1, 0.15) is 58.3 Å². The van der Waals surface area contributed by atoms with Crippen molar-refractivity contribution in [3.8, 4) is 0 Å². The van der Waals surface area contributed by atoms with Gasteiger partial charge in [-0.2, -0.15) is 0 Å². The third kappa shape index (κ3) is 4.02. The van der Waals surface area contributed by atoms with Gasteiger partial charge in [-0.05, 0) is 51.4 Å². The Morgan fingerprint density at radius 2 is 1.88 bits per heavy atom. The fraction of sp³-hybridized carbons (Fsp3) is 0.950. The third-order valence-electron chi connectivity index (χ3n) is 7.07. The summed E-state index contributed by atoms with van der Waals surface area (Å²) in [5.74, 6) is 2.51. The average Bonchev–Trinajstić information content (AvgIpc) is 3.29. The topological polar surface area (TPSA) is 54.9 Å². The maximum Gasteiger partial charge on any atom is 0.191 e. The molecule has 0 aromatic rings. The molecule has 3 atom stereocenters. The van der Waals surface area contributed by atoms with E-state index in [1.807, 2.05) is 0 Å². The maximum atomic E-state index is 6.11. The number of ether oxygens (including phenoxy) is 2. The lowest BCUT2D eigenvalue weighted by atomic mass is 9.54. The van der Waals surface area contributed by atoms with Gasteiger partial charge in [-0.1, -0.05) is 12.8 Å². The molecule has 2 N–H and O–H groups in total. The molecule has 2 aliphatic heterocycles. The van der Waals surface area contributed by atoms with Gasteiger partial charge in [0.15, 0.2) is 5.96 Å². The molecule has 0 aromatic heterocycles. The molecule has 2 saturated heterocycles. The predicted octanol–water partition coefficient (Wildman–Crippen LogP) is 3.32. The summed E-state index contributed by atoms with van der Waals surface area (Å²) < 4.78 is 11.6. The standard InChI is InChI=1S/C20H35N3O2.HI/c1-2-21-19(22-11-5-15-6-12-24-13-7-15)23-17-16-8-14-25-18(16)20(17)9-3-4-10-20;/h15-18H,2-14H2,1H3,(H2,21,22,23);1H. The Bertz CT molecular complexity index is 476. The van der Waals surface area contributed by atoms with Gasteiger partial charge in [-0.15, -0.1) is 24.0 Å². The molecular weight excluding hydrogens is 441 g/mol. The zero-order chi connectivity index (χ0) is 17.1. The Hall–Kier alpha value is -0.0800. The number of hydrogen-bond donors (Lipinski definition) is 2. The Balaban J connectivity index is 0.00000196. The Kier molecular flexibility index (Phi) is 7.48. The van der Waals surface area contributed by atoms with Gasteiger partial charge in [-0.3, -0.25) is 4.99 Å². The number of aliphatic imine (C=N–C) groups is 1. The van der Waals surface area contributed by atoms with E-state index < -0.39 is 0 Å². The van der Waals surface area contributed by atoms with E-state index in [4.69, 9.17) is 14.5 Å². The highest BCUT2D eigenvalue weighted by molar-refractivity contribution is 14.0. The number of hydrogen-bond acceptors (Lipinski definition) is 3. The van der Waals surface area contributed by atoms with E-state index in [1.54, 1.807) is 0 Å². The van der Waals surface area contributed by atoms with Crippen LogP contribution in [0.15, 0.2) is 4.99 Å². The lowest BCUT2D eigenvalue weighted by Gasteiger charge is -2.57. The second-order valence-electron chi connectivity index (χ2n) is 8.41. The molecule has 6 heteroatoms. The number of rotatable bonds is 5. The molecule has 4 aliphatic rings. The Morgan fingerprint density at radius 1 is 1.12 bits per heavy atom. The van der Waals surface area contributed by atoms with Crippen LogP contribution in [0.5, 0.6) is 0 Å². The highest BCUT2D eigenvalue weighted by Crippen LogP contribution is 2.60. The molecule has 4 rings (SSSR count). The zero-order valence-corrected chi connectivity index (χ0v) is 18.5. The minimum Gasteiger partial charge on any atom is -0.381 e. The van der Waals surface area contributed by atoms with Crippen molar-refractivity contribution in [3.63, 3.8) is 0 Å². The normalized spacial score (nSPS) is 33.4. The summed E-state index contributed by atoms with van der Waals surface area (Å²) in [6.07, 6.45) is 10.7. The SMILES string of the molecule is CCNC(=NCCC1CCOCC1)NC1C2CCOC2C12CCCC2.I. The molecule has 5 nitrogen and oxygen atoms in total. The molecule has 0 amide bonds. The summed E-state index contributed by atoms with van der Waals surface area (Å²) in [7, 11) is 0. The second-order valence-corrected chi connectivity index (χ2v) is 8.41. The summed E-state index contributed by atoms with van der Waals surface area (Å²) in [4.78, 5) is 4.91. The van der Waals surface area contributed by atoms with Crippen LogP contribution in [0, 0.1) is 17.3 Å². The maximum absolute atomic E-state index is 6.11. The largest absolute Gasteiger partial charge is 0.381 e. The van der Waals surface area contributed by atoms with E-state index in [1.165, 1.54) is 51.4 Å². The van der Waals surface area contributed by atoms with Crippen molar-refractivity contribution in [2.75, 3.05) is 32.9 Å². The molecule has 2 aliphatic carbocycles. The Morgan fingerprint density at radius 3 is 2.62 bits per heavy atom. The van der Waals surface area contributed by atoms with Gasteiger partial charge in [0, 0.05) is 50.3 Å². The molecule has 0 bridgehead atoms. The number of nitrogens with zero attached hydrogens (tertiary/aromatic N) is 1. The van der Waals surface area contributed by atoms with Crippen molar-refractivity contribution in [3.05, 3.63) is 0 Å². The first-order valence-corrected chi connectivity index (χ1v) is 10.6. The molecule has 0 radical (unpaired) electrons. The summed E-state index contributed by atoms with van der Waals surface area (Å²) in [5, 5.41) is 7.31. The first-order chi connectivity index (χ1) is 12.3. The number of nitrogens with one attached hydrogen (secondary N) is 2. The van der Waals surface area contributed by atoms with E-state index in [0.717, 1.165) is 44.8 Å². The minimum absolute atomic E-state index is 0. The van der Waals surface area contributed by atoms with Gasteiger partial charge in [0.2, 0.25) is 0 Å². The summed E-state index contributed by atoms with van der Waals surface area (Å²) in [6, 6.07) is 0.559. The number of halogens is 1. The quantitative estimate of drug-likeness (QED) is 0.363. The fourth-order valence-corrected chi connectivity index (χ4v) is 5.77. The van der Waals surface area contributed by atoms with Crippen molar-refractivity contribution >= 4 is 29.9 Å². The molecule has 2 heterocycles. The van der Waals surface area contributed by atoms with Crippen molar-refractivity contribution in [1.82, 2.24) is 10.6 Å². The molecule has 2 saturated carbocycles. The van der Waals surface area contributed by atoms with Crippen molar-refractivity contribution in [2.24, 2.45) is 22.2 Å². The van der Waals surface area contributed by atoms with E-state index >= 15 is 0 Å². The molecular formula is C20H36IN3O2. The lowest BCUT2D eigenvalue weighted by Crippen LogP contribution is -2.69. The fourth-order valence-electron chi connectivity index (χ4n) is 5.77. The molecule has 4 fully saturated rings. The van der Waals surface area contributed by atoms with E-state index in [-0.39, 0.29) is 24.0 Å². The number of guanidine groups is 1. The van der Waals surface area contributed by atoms with E-state index in [0.29, 0.717) is 23.5 Å².